The van der Waals surface area contributed by atoms with Gasteiger partial charge in [-0.05, 0) is 38.8 Å². The van der Waals surface area contributed by atoms with Crippen molar-refractivity contribution in [1.82, 2.24) is 19.8 Å². The molecule has 0 atom stereocenters. The minimum atomic E-state index is 0. The van der Waals surface area contributed by atoms with Gasteiger partial charge in [-0.2, -0.15) is 0 Å². The van der Waals surface area contributed by atoms with E-state index < -0.39 is 0 Å². The highest BCUT2D eigenvalue weighted by molar-refractivity contribution is 14.0. The molecule has 2 heterocycles. The Labute approximate surface area is 184 Å². The summed E-state index contributed by atoms with van der Waals surface area (Å²) in [6.07, 6.45) is 6.02. The summed E-state index contributed by atoms with van der Waals surface area (Å²) in [5, 5.41) is 4.51. The second-order valence-electron chi connectivity index (χ2n) is 6.72. The van der Waals surface area contributed by atoms with Crippen LogP contribution in [0.25, 0.3) is 11.0 Å². The van der Waals surface area contributed by atoms with Gasteiger partial charge in [0.1, 0.15) is 17.2 Å². The SMILES string of the molecule is CCNC(=NCCCCn1ccnc1C)N(C)Cc1cc2ccccc2o1.I. The van der Waals surface area contributed by atoms with Crippen molar-refractivity contribution in [1.29, 1.82) is 0 Å². The van der Waals surface area contributed by atoms with E-state index >= 15 is 0 Å². The van der Waals surface area contributed by atoms with Gasteiger partial charge in [-0.15, -0.1) is 24.0 Å². The lowest BCUT2D eigenvalue weighted by Crippen LogP contribution is -2.38. The number of halogens is 1. The normalized spacial score (nSPS) is 11.5. The molecule has 0 aliphatic carbocycles. The van der Waals surface area contributed by atoms with Crippen molar-refractivity contribution in [3.05, 3.63) is 54.3 Å². The van der Waals surface area contributed by atoms with Crippen LogP contribution in [-0.2, 0) is 13.1 Å². The van der Waals surface area contributed by atoms with E-state index in [2.05, 4.69) is 38.8 Å². The highest BCUT2D eigenvalue weighted by Gasteiger charge is 2.10. The number of fused-ring (bicyclic) bond motifs is 1. The summed E-state index contributed by atoms with van der Waals surface area (Å²) in [6, 6.07) is 10.2. The zero-order valence-electron chi connectivity index (χ0n) is 16.9. The lowest BCUT2D eigenvalue weighted by Gasteiger charge is -2.21. The fourth-order valence-electron chi connectivity index (χ4n) is 3.11. The van der Waals surface area contributed by atoms with Gasteiger partial charge >= 0.3 is 0 Å². The number of rotatable bonds is 8. The molecule has 1 N–H and O–H groups in total. The Bertz CT molecular complexity index is 853. The van der Waals surface area contributed by atoms with Crippen molar-refractivity contribution in [3.8, 4) is 0 Å². The van der Waals surface area contributed by atoms with Gasteiger partial charge in [-0.1, -0.05) is 18.2 Å². The predicted molar refractivity (Wildman–Crippen MR) is 125 cm³/mol. The monoisotopic (exact) mass is 495 g/mol. The van der Waals surface area contributed by atoms with Gasteiger partial charge in [0.15, 0.2) is 5.96 Å². The molecule has 152 valence electrons. The lowest BCUT2D eigenvalue weighted by atomic mass is 10.2. The maximum absolute atomic E-state index is 5.93. The minimum absolute atomic E-state index is 0. The molecule has 0 saturated carbocycles. The van der Waals surface area contributed by atoms with Crippen LogP contribution in [0.5, 0.6) is 0 Å². The number of hydrogen-bond acceptors (Lipinski definition) is 3. The molecular formula is C21H30IN5O. The number of para-hydroxylation sites is 1. The van der Waals surface area contributed by atoms with Crippen LogP contribution in [0.4, 0.5) is 0 Å². The highest BCUT2D eigenvalue weighted by atomic mass is 127. The Morgan fingerprint density at radius 3 is 2.82 bits per heavy atom. The first kappa shape index (κ1) is 22.3. The van der Waals surface area contributed by atoms with Gasteiger partial charge < -0.3 is 19.2 Å². The van der Waals surface area contributed by atoms with Crippen LogP contribution in [-0.4, -0.2) is 40.5 Å². The number of unbranched alkanes of at least 4 members (excludes halogenated alkanes) is 1. The van der Waals surface area contributed by atoms with E-state index in [9.17, 15) is 0 Å². The van der Waals surface area contributed by atoms with Gasteiger partial charge in [-0.3, -0.25) is 4.99 Å². The van der Waals surface area contributed by atoms with Crippen LogP contribution in [0.1, 0.15) is 31.4 Å². The summed E-state index contributed by atoms with van der Waals surface area (Å²) in [5.74, 6) is 2.93. The molecule has 0 aliphatic rings. The third-order valence-electron chi connectivity index (χ3n) is 4.56. The molecule has 0 spiro atoms. The van der Waals surface area contributed by atoms with E-state index in [-0.39, 0.29) is 24.0 Å². The zero-order valence-corrected chi connectivity index (χ0v) is 19.2. The largest absolute Gasteiger partial charge is 0.459 e. The van der Waals surface area contributed by atoms with E-state index in [0.29, 0.717) is 6.54 Å². The average Bonchev–Trinajstić information content (AvgIpc) is 3.25. The average molecular weight is 495 g/mol. The van der Waals surface area contributed by atoms with Crippen molar-refractivity contribution in [2.75, 3.05) is 20.1 Å². The quantitative estimate of drug-likeness (QED) is 0.217. The van der Waals surface area contributed by atoms with Gasteiger partial charge in [0, 0.05) is 44.5 Å². The second-order valence-corrected chi connectivity index (χ2v) is 6.72. The number of nitrogens with one attached hydrogen (secondary N) is 1. The molecule has 6 nitrogen and oxygen atoms in total. The van der Waals surface area contributed by atoms with Crippen molar-refractivity contribution in [2.45, 2.75) is 39.8 Å². The molecule has 0 bridgehead atoms. The first-order chi connectivity index (χ1) is 13.2. The summed E-state index contributed by atoms with van der Waals surface area (Å²) in [5.41, 5.74) is 0.928. The fourth-order valence-corrected chi connectivity index (χ4v) is 3.11. The topological polar surface area (TPSA) is 58.6 Å². The molecule has 2 aromatic heterocycles. The van der Waals surface area contributed by atoms with Gasteiger partial charge in [0.2, 0.25) is 0 Å². The Morgan fingerprint density at radius 1 is 1.29 bits per heavy atom. The Balaban J connectivity index is 0.00000280. The Kier molecular flexibility index (Phi) is 8.82. The number of furan rings is 1. The molecule has 0 saturated heterocycles. The maximum Gasteiger partial charge on any atom is 0.194 e. The third-order valence-corrected chi connectivity index (χ3v) is 4.56. The molecule has 0 unspecified atom stereocenters. The number of benzene rings is 1. The van der Waals surface area contributed by atoms with Gasteiger partial charge in [0.25, 0.3) is 0 Å². The summed E-state index contributed by atoms with van der Waals surface area (Å²) in [6.45, 7) is 7.46. The van der Waals surface area contributed by atoms with Crippen LogP contribution >= 0.6 is 24.0 Å². The Morgan fingerprint density at radius 2 is 2.11 bits per heavy atom. The number of imidazole rings is 1. The fraction of sp³-hybridized carbons (Fsp3) is 0.429. The molecule has 3 aromatic rings. The van der Waals surface area contributed by atoms with Gasteiger partial charge in [0.05, 0.1) is 6.54 Å². The van der Waals surface area contributed by atoms with Crippen LogP contribution < -0.4 is 5.32 Å². The minimum Gasteiger partial charge on any atom is -0.459 e. The molecule has 28 heavy (non-hydrogen) atoms. The first-order valence-electron chi connectivity index (χ1n) is 9.62. The number of aliphatic imine (C=N–C) groups is 1. The smallest absolute Gasteiger partial charge is 0.194 e. The predicted octanol–water partition coefficient (Wildman–Crippen LogP) is 4.43. The van der Waals surface area contributed by atoms with Crippen molar-refractivity contribution in [2.24, 2.45) is 4.99 Å². The van der Waals surface area contributed by atoms with E-state index in [1.807, 2.05) is 44.6 Å². The number of guanidine groups is 1. The number of aromatic nitrogens is 2. The molecule has 0 amide bonds. The molecule has 0 radical (unpaired) electrons. The van der Waals surface area contributed by atoms with E-state index in [0.717, 1.165) is 61.0 Å². The summed E-state index contributed by atoms with van der Waals surface area (Å²) in [4.78, 5) is 11.1. The summed E-state index contributed by atoms with van der Waals surface area (Å²) < 4.78 is 8.11. The van der Waals surface area contributed by atoms with Gasteiger partial charge in [-0.25, -0.2) is 4.98 Å². The molecule has 0 fully saturated rings. The molecule has 1 aromatic carbocycles. The summed E-state index contributed by atoms with van der Waals surface area (Å²) >= 11 is 0. The number of nitrogens with zero attached hydrogens (tertiary/aromatic N) is 4. The van der Waals surface area contributed by atoms with Crippen molar-refractivity contribution in [3.63, 3.8) is 0 Å². The third kappa shape index (κ3) is 5.98. The van der Waals surface area contributed by atoms with E-state index in [1.54, 1.807) is 0 Å². The Hall–Kier alpha value is -2.03. The maximum atomic E-state index is 5.93. The van der Waals surface area contributed by atoms with Crippen LogP contribution in [0.15, 0.2) is 52.1 Å². The molecule has 3 rings (SSSR count). The molecule has 7 heteroatoms. The standard InChI is InChI=1S/C21H29N5O.HI/c1-4-22-21(24-11-7-8-13-26-14-12-23-17(26)2)25(3)16-19-15-18-9-5-6-10-20(18)27-19;/h5-6,9-10,12,14-15H,4,7-8,11,13,16H2,1-3H3,(H,22,24);1H. The van der Waals surface area contributed by atoms with E-state index in [4.69, 9.17) is 9.41 Å². The van der Waals surface area contributed by atoms with Crippen LogP contribution in [0.2, 0.25) is 0 Å². The highest BCUT2D eigenvalue weighted by Crippen LogP contribution is 2.19. The van der Waals surface area contributed by atoms with Crippen LogP contribution in [0, 0.1) is 6.92 Å². The van der Waals surface area contributed by atoms with Crippen molar-refractivity contribution >= 4 is 40.9 Å². The first-order valence-corrected chi connectivity index (χ1v) is 9.62. The second kappa shape index (κ2) is 11.1. The zero-order chi connectivity index (χ0) is 19.1. The van der Waals surface area contributed by atoms with Crippen LogP contribution in [0.3, 0.4) is 0 Å². The molecular weight excluding hydrogens is 465 g/mol. The number of aryl methyl sites for hydroxylation is 2. The number of hydrogen-bond donors (Lipinski definition) is 1. The summed E-state index contributed by atoms with van der Waals surface area (Å²) in [7, 11) is 2.05. The lowest BCUT2D eigenvalue weighted by molar-refractivity contribution is 0.412. The van der Waals surface area contributed by atoms with E-state index in [1.165, 1.54) is 0 Å². The molecule has 0 aliphatic heterocycles. The van der Waals surface area contributed by atoms with Crippen molar-refractivity contribution < 1.29 is 4.42 Å².